The van der Waals surface area contributed by atoms with Gasteiger partial charge in [-0.3, -0.25) is 0 Å². The minimum absolute atomic E-state index is 0.0251. The maximum Gasteiger partial charge on any atom is 0.335 e. The van der Waals surface area contributed by atoms with Gasteiger partial charge in [0.25, 0.3) is 0 Å². The summed E-state index contributed by atoms with van der Waals surface area (Å²) in [4.78, 5) is 12.3. The third kappa shape index (κ3) is 2.14. The van der Waals surface area contributed by atoms with Gasteiger partial charge in [0.05, 0.1) is 18.8 Å². The third-order valence-electron chi connectivity index (χ3n) is 2.49. The number of carbonyl (C=O) groups is 1. The quantitative estimate of drug-likeness (QED) is 0.775. The van der Waals surface area contributed by atoms with E-state index in [4.69, 9.17) is 9.84 Å². The van der Waals surface area contributed by atoms with Crippen molar-refractivity contribution in [2.24, 2.45) is 0 Å². The molecule has 0 aliphatic carbocycles. The number of rotatable bonds is 2. The van der Waals surface area contributed by atoms with Gasteiger partial charge in [-0.05, 0) is 18.2 Å². The smallest absolute Gasteiger partial charge is 0.335 e. The van der Waals surface area contributed by atoms with Crippen LogP contribution in [0.3, 0.4) is 0 Å². The Labute approximate surface area is 92.2 Å². The maximum atomic E-state index is 13.5. The van der Waals surface area contributed by atoms with Crippen LogP contribution < -0.4 is 4.90 Å². The lowest BCUT2D eigenvalue weighted by molar-refractivity contribution is 0.0496. The van der Waals surface area contributed by atoms with Crippen molar-refractivity contribution in [3.63, 3.8) is 0 Å². The van der Waals surface area contributed by atoms with E-state index in [9.17, 15) is 9.18 Å². The van der Waals surface area contributed by atoms with Crippen molar-refractivity contribution in [3.8, 4) is 0 Å². The molecule has 1 fully saturated rings. The van der Waals surface area contributed by atoms with Crippen molar-refractivity contribution in [1.82, 2.24) is 0 Å². The highest BCUT2D eigenvalue weighted by Crippen LogP contribution is 2.21. The number of aromatic carboxylic acids is 1. The number of benzene rings is 1. The van der Waals surface area contributed by atoms with Gasteiger partial charge in [-0.1, -0.05) is 6.07 Å². The fourth-order valence-corrected chi connectivity index (χ4v) is 1.68. The van der Waals surface area contributed by atoms with Gasteiger partial charge < -0.3 is 14.7 Å². The van der Waals surface area contributed by atoms with Gasteiger partial charge >= 0.3 is 5.97 Å². The van der Waals surface area contributed by atoms with E-state index in [1.54, 1.807) is 12.1 Å². The lowest BCUT2D eigenvalue weighted by Crippen LogP contribution is -2.42. The van der Waals surface area contributed by atoms with E-state index >= 15 is 0 Å². The molecule has 16 heavy (non-hydrogen) atoms. The highest BCUT2D eigenvalue weighted by Gasteiger charge is 2.22. The summed E-state index contributed by atoms with van der Waals surface area (Å²) in [6.45, 7) is 0.916. The zero-order valence-electron chi connectivity index (χ0n) is 8.60. The maximum absolute atomic E-state index is 13.5. The van der Waals surface area contributed by atoms with E-state index in [0.29, 0.717) is 18.8 Å². The monoisotopic (exact) mass is 225 g/mol. The second-order valence-electron chi connectivity index (χ2n) is 3.56. The lowest BCUT2D eigenvalue weighted by atomic mass is 10.2. The first-order valence-corrected chi connectivity index (χ1v) is 5.00. The van der Waals surface area contributed by atoms with Crippen molar-refractivity contribution in [3.05, 3.63) is 29.8 Å². The third-order valence-corrected chi connectivity index (χ3v) is 2.49. The molecule has 0 bridgehead atoms. The summed E-state index contributed by atoms with van der Waals surface area (Å²) in [5.74, 6) is -1.01. The number of ether oxygens (including phenoxy) is 1. The molecule has 1 N–H and O–H groups in total. The Bertz CT molecular complexity index is 397. The Balaban J connectivity index is 2.25. The van der Waals surface area contributed by atoms with Crippen LogP contribution in [-0.2, 0) is 4.74 Å². The summed E-state index contributed by atoms with van der Waals surface area (Å²) in [7, 11) is 0. The molecule has 1 aromatic carbocycles. The van der Waals surface area contributed by atoms with Crippen LogP contribution in [0.25, 0.3) is 0 Å². The Morgan fingerprint density at radius 2 is 2.38 bits per heavy atom. The Morgan fingerprint density at radius 3 is 3.06 bits per heavy atom. The number of hydrogen-bond donors (Lipinski definition) is 1. The first kappa shape index (κ1) is 10.9. The molecule has 1 unspecified atom stereocenters. The number of carboxylic acid groups (broad SMARTS) is 1. The number of anilines is 1. The molecule has 0 radical (unpaired) electrons. The molecule has 2 rings (SSSR count). The molecule has 1 aliphatic heterocycles. The van der Waals surface area contributed by atoms with Crippen LogP contribution in [-0.4, -0.2) is 37.1 Å². The highest BCUT2D eigenvalue weighted by atomic mass is 19.1. The van der Waals surface area contributed by atoms with Crippen LogP contribution in [0.5, 0.6) is 0 Å². The van der Waals surface area contributed by atoms with Crippen LogP contribution in [0.4, 0.5) is 10.1 Å². The topological polar surface area (TPSA) is 49.8 Å². The van der Waals surface area contributed by atoms with E-state index in [1.807, 2.05) is 0 Å². The fourth-order valence-electron chi connectivity index (χ4n) is 1.68. The number of halogens is 1. The van der Waals surface area contributed by atoms with Crippen LogP contribution >= 0.6 is 0 Å². The number of alkyl halides is 1. The van der Waals surface area contributed by atoms with Crippen LogP contribution in [0.1, 0.15) is 10.4 Å². The fraction of sp³-hybridized carbons (Fsp3) is 0.364. The standard InChI is InChI=1S/C11H12FNO3/c12-10-7-16-5-4-13(10)9-3-1-2-8(6-9)11(14)15/h1-3,6,10H,4-5,7H2,(H,14,15). The molecular formula is C11H12FNO3. The summed E-state index contributed by atoms with van der Waals surface area (Å²) in [6.07, 6.45) is -1.21. The molecule has 0 saturated carbocycles. The summed E-state index contributed by atoms with van der Waals surface area (Å²) in [5, 5.41) is 8.84. The van der Waals surface area contributed by atoms with Gasteiger partial charge in [-0.2, -0.15) is 0 Å². The molecular weight excluding hydrogens is 213 g/mol. The van der Waals surface area contributed by atoms with Crippen molar-refractivity contribution in [1.29, 1.82) is 0 Å². The summed E-state index contributed by atoms with van der Waals surface area (Å²) >= 11 is 0. The van der Waals surface area contributed by atoms with Crippen LogP contribution in [0.15, 0.2) is 24.3 Å². The van der Waals surface area contributed by atoms with Crippen LogP contribution in [0.2, 0.25) is 0 Å². The Kier molecular flexibility index (Phi) is 3.05. The molecule has 0 spiro atoms. The lowest BCUT2D eigenvalue weighted by Gasteiger charge is -2.32. The first-order valence-electron chi connectivity index (χ1n) is 5.00. The summed E-state index contributed by atoms with van der Waals surface area (Å²) in [5.41, 5.74) is 0.742. The zero-order chi connectivity index (χ0) is 11.5. The normalized spacial score (nSPS) is 20.8. The highest BCUT2D eigenvalue weighted by molar-refractivity contribution is 5.88. The van der Waals surface area contributed by atoms with E-state index < -0.39 is 12.3 Å². The average molecular weight is 225 g/mol. The minimum Gasteiger partial charge on any atom is -0.478 e. The van der Waals surface area contributed by atoms with Crippen molar-refractivity contribution >= 4 is 11.7 Å². The molecule has 1 heterocycles. The SMILES string of the molecule is O=C(O)c1cccc(N2CCOCC2F)c1. The van der Waals surface area contributed by atoms with Gasteiger partial charge in [0.2, 0.25) is 0 Å². The van der Waals surface area contributed by atoms with Crippen LogP contribution in [0, 0.1) is 0 Å². The summed E-state index contributed by atoms with van der Waals surface area (Å²) in [6, 6.07) is 6.27. The number of morpholine rings is 1. The first-order chi connectivity index (χ1) is 7.68. The van der Waals surface area contributed by atoms with Crippen molar-refractivity contribution < 1.29 is 19.0 Å². The molecule has 86 valence electrons. The zero-order valence-corrected chi connectivity index (χ0v) is 8.60. The van der Waals surface area contributed by atoms with Gasteiger partial charge in [0, 0.05) is 12.2 Å². The second-order valence-corrected chi connectivity index (χ2v) is 3.56. The largest absolute Gasteiger partial charge is 0.478 e. The average Bonchev–Trinajstić information content (AvgIpc) is 2.30. The predicted octanol–water partition coefficient (Wildman–Crippen LogP) is 1.52. The molecule has 1 atom stereocenters. The molecule has 5 heteroatoms. The molecule has 1 aromatic rings. The van der Waals surface area contributed by atoms with E-state index in [0.717, 1.165) is 0 Å². The second kappa shape index (κ2) is 4.49. The Hall–Kier alpha value is -1.62. The van der Waals surface area contributed by atoms with Crippen molar-refractivity contribution in [2.75, 3.05) is 24.7 Å². The van der Waals surface area contributed by atoms with Gasteiger partial charge in [0.15, 0.2) is 6.30 Å². The van der Waals surface area contributed by atoms with E-state index in [-0.39, 0.29) is 12.2 Å². The molecule has 1 saturated heterocycles. The molecule has 0 amide bonds. The van der Waals surface area contributed by atoms with E-state index in [2.05, 4.69) is 0 Å². The molecule has 0 aromatic heterocycles. The number of nitrogens with zero attached hydrogens (tertiary/aromatic N) is 1. The predicted molar refractivity (Wildman–Crippen MR) is 56.5 cm³/mol. The van der Waals surface area contributed by atoms with Gasteiger partial charge in [-0.15, -0.1) is 0 Å². The van der Waals surface area contributed by atoms with Gasteiger partial charge in [-0.25, -0.2) is 9.18 Å². The summed E-state index contributed by atoms with van der Waals surface area (Å²) < 4.78 is 18.5. The van der Waals surface area contributed by atoms with Crippen molar-refractivity contribution in [2.45, 2.75) is 6.30 Å². The number of hydrogen-bond acceptors (Lipinski definition) is 3. The number of carboxylic acids is 1. The Morgan fingerprint density at radius 1 is 1.56 bits per heavy atom. The van der Waals surface area contributed by atoms with E-state index in [1.165, 1.54) is 17.0 Å². The molecule has 4 nitrogen and oxygen atoms in total. The van der Waals surface area contributed by atoms with Gasteiger partial charge in [0.1, 0.15) is 0 Å². The molecule has 1 aliphatic rings. The minimum atomic E-state index is -1.21.